The van der Waals surface area contributed by atoms with Crippen molar-refractivity contribution in [2.24, 2.45) is 0 Å². The van der Waals surface area contributed by atoms with Gasteiger partial charge in [-0.2, -0.15) is 0 Å². The lowest BCUT2D eigenvalue weighted by molar-refractivity contribution is -0.140. The van der Waals surface area contributed by atoms with Crippen LogP contribution in [0.5, 0.6) is 5.75 Å². The summed E-state index contributed by atoms with van der Waals surface area (Å²) in [7, 11) is 0. The number of pyridine rings is 1. The lowest BCUT2D eigenvalue weighted by Gasteiger charge is -2.30. The second-order valence-electron chi connectivity index (χ2n) is 8.46. The van der Waals surface area contributed by atoms with Crippen LogP contribution in [0.25, 0.3) is 5.76 Å². The molecule has 1 atom stereocenters. The Morgan fingerprint density at radius 2 is 1.91 bits per heavy atom. The van der Waals surface area contributed by atoms with Crippen LogP contribution in [0.15, 0.2) is 54.4 Å². The van der Waals surface area contributed by atoms with Crippen LogP contribution >= 0.6 is 0 Å². The fourth-order valence-electron chi connectivity index (χ4n) is 4.27. The van der Waals surface area contributed by atoms with Gasteiger partial charge in [-0.1, -0.05) is 19.4 Å². The zero-order valence-electron chi connectivity index (χ0n) is 19.5. The van der Waals surface area contributed by atoms with Gasteiger partial charge in [-0.25, -0.2) is 0 Å². The van der Waals surface area contributed by atoms with E-state index in [9.17, 15) is 14.7 Å². The molecule has 0 spiro atoms. The van der Waals surface area contributed by atoms with Crippen molar-refractivity contribution in [2.75, 3.05) is 46.0 Å². The minimum absolute atomic E-state index is 0.0830. The van der Waals surface area contributed by atoms with Crippen molar-refractivity contribution >= 4 is 17.4 Å². The summed E-state index contributed by atoms with van der Waals surface area (Å²) in [6.45, 7) is 6.59. The molecular weight excluding hydrogens is 434 g/mol. The number of aliphatic hydroxyl groups excluding tert-OH is 1. The molecule has 2 aliphatic rings. The molecule has 0 unspecified atom stereocenters. The molecule has 0 saturated carbocycles. The van der Waals surface area contributed by atoms with Crippen LogP contribution in [0.4, 0.5) is 0 Å². The number of amides is 1. The number of morpholine rings is 1. The standard InChI is InChI=1S/C26H31N3O5/c1-2-3-15-34-21-8-6-19(7-9-21)24(30)22-23(20-5-4-10-27-18-20)29(26(32)25(22)31)12-11-28-13-16-33-17-14-28/h4-10,18,23,30H,2-3,11-17H2,1H3/b24-22+/t23-/m1/s1. The number of ether oxygens (including phenoxy) is 2. The summed E-state index contributed by atoms with van der Waals surface area (Å²) >= 11 is 0. The first kappa shape index (κ1) is 23.9. The highest BCUT2D eigenvalue weighted by atomic mass is 16.5. The summed E-state index contributed by atoms with van der Waals surface area (Å²) in [4.78, 5) is 34.1. The maximum Gasteiger partial charge on any atom is 0.295 e. The zero-order chi connectivity index (χ0) is 23.9. The Balaban J connectivity index is 1.63. The van der Waals surface area contributed by atoms with Crippen molar-refractivity contribution in [3.8, 4) is 5.75 Å². The van der Waals surface area contributed by atoms with Crippen molar-refractivity contribution in [2.45, 2.75) is 25.8 Å². The zero-order valence-corrected chi connectivity index (χ0v) is 19.5. The molecule has 2 aliphatic heterocycles. The highest BCUT2D eigenvalue weighted by Crippen LogP contribution is 2.39. The van der Waals surface area contributed by atoms with E-state index in [1.807, 2.05) is 6.07 Å². The smallest absolute Gasteiger partial charge is 0.295 e. The average molecular weight is 466 g/mol. The highest BCUT2D eigenvalue weighted by molar-refractivity contribution is 6.46. The van der Waals surface area contributed by atoms with E-state index >= 15 is 0 Å². The molecular formula is C26H31N3O5. The molecule has 8 heteroatoms. The summed E-state index contributed by atoms with van der Waals surface area (Å²) in [6, 6.07) is 9.82. The van der Waals surface area contributed by atoms with Crippen LogP contribution in [0.1, 0.15) is 36.9 Å². The SMILES string of the molecule is CCCCOc1ccc(/C(O)=C2\C(=O)C(=O)N(CCN3CCOCC3)[C@@H]2c2cccnc2)cc1. The van der Waals surface area contributed by atoms with Crippen LogP contribution in [0.2, 0.25) is 0 Å². The van der Waals surface area contributed by atoms with Gasteiger partial charge in [-0.3, -0.25) is 19.5 Å². The number of Topliss-reactive ketones (excluding diaryl/α,β-unsaturated/α-hetero) is 1. The average Bonchev–Trinajstić information content (AvgIpc) is 3.13. The molecule has 4 rings (SSSR count). The maximum atomic E-state index is 13.1. The molecule has 8 nitrogen and oxygen atoms in total. The normalized spacial score (nSPS) is 20.6. The number of carbonyl (C=O) groups excluding carboxylic acids is 2. The number of aromatic nitrogens is 1. The maximum absolute atomic E-state index is 13.1. The summed E-state index contributed by atoms with van der Waals surface area (Å²) in [5.41, 5.74) is 1.23. The van der Waals surface area contributed by atoms with E-state index in [2.05, 4.69) is 16.8 Å². The van der Waals surface area contributed by atoms with E-state index < -0.39 is 17.7 Å². The van der Waals surface area contributed by atoms with E-state index in [-0.39, 0.29) is 11.3 Å². The fraction of sp³-hybridized carbons (Fsp3) is 0.423. The van der Waals surface area contributed by atoms with Crippen molar-refractivity contribution in [3.63, 3.8) is 0 Å². The van der Waals surface area contributed by atoms with Gasteiger partial charge < -0.3 is 19.5 Å². The number of benzene rings is 1. The number of hydrogen-bond acceptors (Lipinski definition) is 7. The summed E-state index contributed by atoms with van der Waals surface area (Å²) in [6.07, 6.45) is 5.27. The first-order valence-corrected chi connectivity index (χ1v) is 11.8. The Morgan fingerprint density at radius 1 is 1.15 bits per heavy atom. The number of nitrogens with zero attached hydrogens (tertiary/aromatic N) is 3. The third kappa shape index (κ3) is 5.29. The fourth-order valence-corrected chi connectivity index (χ4v) is 4.27. The number of likely N-dealkylation sites (tertiary alicyclic amines) is 1. The number of carbonyl (C=O) groups is 2. The largest absolute Gasteiger partial charge is 0.507 e. The first-order valence-electron chi connectivity index (χ1n) is 11.8. The van der Waals surface area contributed by atoms with E-state index in [1.165, 1.54) is 0 Å². The Bertz CT molecular complexity index is 1020. The molecule has 3 heterocycles. The quantitative estimate of drug-likeness (QED) is 0.263. The molecule has 1 aromatic heterocycles. The number of ketones is 1. The molecule has 1 N–H and O–H groups in total. The number of unbranched alkanes of at least 4 members (excludes halogenated alkanes) is 1. The molecule has 0 radical (unpaired) electrons. The lowest BCUT2D eigenvalue weighted by atomic mass is 9.96. The third-order valence-electron chi connectivity index (χ3n) is 6.20. The summed E-state index contributed by atoms with van der Waals surface area (Å²) in [5, 5.41) is 11.2. The second-order valence-corrected chi connectivity index (χ2v) is 8.46. The second kappa shape index (κ2) is 11.3. The molecule has 1 amide bonds. The molecule has 2 aromatic rings. The molecule has 34 heavy (non-hydrogen) atoms. The van der Waals surface area contributed by atoms with Gasteiger partial charge in [0.15, 0.2) is 0 Å². The van der Waals surface area contributed by atoms with Crippen LogP contribution in [0, 0.1) is 0 Å². The molecule has 2 saturated heterocycles. The molecule has 2 fully saturated rings. The molecule has 0 bridgehead atoms. The minimum atomic E-state index is -0.699. The van der Waals surface area contributed by atoms with Gasteiger partial charge in [0.2, 0.25) is 0 Å². The van der Waals surface area contributed by atoms with Gasteiger partial charge in [0, 0.05) is 44.1 Å². The van der Waals surface area contributed by atoms with E-state index in [4.69, 9.17) is 9.47 Å². The molecule has 0 aliphatic carbocycles. The number of hydrogen-bond donors (Lipinski definition) is 1. The number of rotatable bonds is 9. The van der Waals surface area contributed by atoms with Crippen molar-refractivity contribution in [3.05, 3.63) is 65.5 Å². The van der Waals surface area contributed by atoms with Gasteiger partial charge in [-0.15, -0.1) is 0 Å². The van der Waals surface area contributed by atoms with Crippen molar-refractivity contribution in [1.82, 2.24) is 14.8 Å². The summed E-state index contributed by atoms with van der Waals surface area (Å²) in [5.74, 6) is -0.791. The van der Waals surface area contributed by atoms with Gasteiger partial charge in [-0.05, 0) is 42.3 Å². The van der Waals surface area contributed by atoms with E-state index in [1.54, 1.807) is 47.6 Å². The minimum Gasteiger partial charge on any atom is -0.507 e. The topological polar surface area (TPSA) is 92.2 Å². The lowest BCUT2D eigenvalue weighted by Crippen LogP contribution is -2.42. The Hall–Kier alpha value is -3.23. The Kier molecular flexibility index (Phi) is 7.92. The molecule has 180 valence electrons. The predicted molar refractivity (Wildman–Crippen MR) is 127 cm³/mol. The van der Waals surface area contributed by atoms with Crippen molar-refractivity contribution < 1.29 is 24.2 Å². The van der Waals surface area contributed by atoms with Crippen LogP contribution in [-0.2, 0) is 14.3 Å². The van der Waals surface area contributed by atoms with Gasteiger partial charge in [0.25, 0.3) is 11.7 Å². The van der Waals surface area contributed by atoms with Crippen LogP contribution in [-0.4, -0.2) is 77.6 Å². The third-order valence-corrected chi connectivity index (χ3v) is 6.20. The van der Waals surface area contributed by atoms with Crippen LogP contribution in [0.3, 0.4) is 0 Å². The van der Waals surface area contributed by atoms with Gasteiger partial charge in [0.1, 0.15) is 11.5 Å². The van der Waals surface area contributed by atoms with Gasteiger partial charge in [0.05, 0.1) is 31.4 Å². The molecule has 1 aromatic carbocycles. The van der Waals surface area contributed by atoms with Crippen LogP contribution < -0.4 is 4.74 Å². The van der Waals surface area contributed by atoms with Crippen molar-refractivity contribution in [1.29, 1.82) is 0 Å². The van der Waals surface area contributed by atoms with E-state index in [0.29, 0.717) is 49.8 Å². The monoisotopic (exact) mass is 465 g/mol. The first-order chi connectivity index (χ1) is 16.6. The Labute approximate surface area is 199 Å². The predicted octanol–water partition coefficient (Wildman–Crippen LogP) is 3.01. The van der Waals surface area contributed by atoms with Gasteiger partial charge >= 0.3 is 0 Å². The highest BCUT2D eigenvalue weighted by Gasteiger charge is 2.46. The summed E-state index contributed by atoms with van der Waals surface area (Å²) < 4.78 is 11.1. The Morgan fingerprint density at radius 3 is 2.59 bits per heavy atom. The number of aliphatic hydroxyl groups is 1. The van der Waals surface area contributed by atoms with E-state index in [0.717, 1.165) is 25.9 Å².